The molecule has 0 radical (unpaired) electrons. The van der Waals surface area contributed by atoms with Gasteiger partial charge in [-0.05, 0) is 56.0 Å². The summed E-state index contributed by atoms with van der Waals surface area (Å²) in [6, 6.07) is 0. The Morgan fingerprint density at radius 1 is 1.07 bits per heavy atom. The molecule has 0 amide bonds. The van der Waals surface area contributed by atoms with Crippen molar-refractivity contribution in [3.05, 3.63) is 0 Å². The molecule has 1 aliphatic heterocycles. The third-order valence-electron chi connectivity index (χ3n) is 4.86. The second kappa shape index (κ2) is 5.34. The van der Waals surface area contributed by atoms with Crippen molar-refractivity contribution in [2.75, 3.05) is 13.1 Å². The largest absolute Gasteiger partial charge is 0.316 e. The fraction of sp³-hybridized carbons (Fsp3) is 1.00. The number of piperidine rings is 1. The van der Waals surface area contributed by atoms with Gasteiger partial charge in [0.05, 0.1) is 0 Å². The van der Waals surface area contributed by atoms with E-state index in [-0.39, 0.29) is 0 Å². The first-order valence-electron chi connectivity index (χ1n) is 7.02. The molecule has 0 aromatic rings. The van der Waals surface area contributed by atoms with Gasteiger partial charge in [0.15, 0.2) is 0 Å². The first-order chi connectivity index (χ1) is 7.31. The van der Waals surface area contributed by atoms with Crippen LogP contribution in [0.4, 0.5) is 0 Å². The highest BCUT2D eigenvalue weighted by atomic mass is 14.9. The van der Waals surface area contributed by atoms with E-state index in [1.165, 1.54) is 51.6 Å². The van der Waals surface area contributed by atoms with Gasteiger partial charge >= 0.3 is 0 Å². The fourth-order valence-corrected chi connectivity index (χ4v) is 3.72. The Balaban J connectivity index is 1.90. The van der Waals surface area contributed by atoms with E-state index in [1.807, 2.05) is 0 Å². The molecule has 2 aliphatic rings. The molecular weight excluding hydrogens is 182 g/mol. The summed E-state index contributed by atoms with van der Waals surface area (Å²) < 4.78 is 0. The molecule has 2 atom stereocenters. The SMILES string of the molecule is CCC1CNCCC1C1CCC(C)CC1. The molecule has 0 aromatic carbocycles. The molecule has 1 heterocycles. The summed E-state index contributed by atoms with van der Waals surface area (Å²) in [5.41, 5.74) is 0. The van der Waals surface area contributed by atoms with Crippen molar-refractivity contribution < 1.29 is 0 Å². The highest BCUT2D eigenvalue weighted by molar-refractivity contribution is 4.84. The van der Waals surface area contributed by atoms with Crippen molar-refractivity contribution >= 4 is 0 Å². The molecule has 0 bridgehead atoms. The van der Waals surface area contributed by atoms with Crippen LogP contribution in [0.3, 0.4) is 0 Å². The van der Waals surface area contributed by atoms with Gasteiger partial charge in [0.1, 0.15) is 0 Å². The maximum atomic E-state index is 3.56. The van der Waals surface area contributed by atoms with Crippen LogP contribution in [0.5, 0.6) is 0 Å². The Morgan fingerprint density at radius 2 is 1.80 bits per heavy atom. The Morgan fingerprint density at radius 3 is 2.47 bits per heavy atom. The highest BCUT2D eigenvalue weighted by Crippen LogP contribution is 2.39. The Bertz CT molecular complexity index is 182. The van der Waals surface area contributed by atoms with Crippen LogP contribution in [-0.4, -0.2) is 13.1 Å². The lowest BCUT2D eigenvalue weighted by atomic mass is 9.69. The van der Waals surface area contributed by atoms with Crippen LogP contribution >= 0.6 is 0 Å². The monoisotopic (exact) mass is 209 g/mol. The summed E-state index contributed by atoms with van der Waals surface area (Å²) in [4.78, 5) is 0. The average molecular weight is 209 g/mol. The van der Waals surface area contributed by atoms with Crippen molar-refractivity contribution in [3.8, 4) is 0 Å². The second-order valence-corrected chi connectivity index (χ2v) is 5.84. The van der Waals surface area contributed by atoms with Crippen LogP contribution in [0.1, 0.15) is 52.4 Å². The number of rotatable bonds is 2. The molecular formula is C14H27N. The predicted molar refractivity (Wildman–Crippen MR) is 65.9 cm³/mol. The summed E-state index contributed by atoms with van der Waals surface area (Å²) in [6.45, 7) is 7.35. The van der Waals surface area contributed by atoms with E-state index < -0.39 is 0 Å². The van der Waals surface area contributed by atoms with E-state index in [1.54, 1.807) is 0 Å². The Kier molecular flexibility index (Phi) is 4.07. The summed E-state index contributed by atoms with van der Waals surface area (Å²) in [5, 5.41) is 3.56. The zero-order valence-corrected chi connectivity index (χ0v) is 10.5. The lowest BCUT2D eigenvalue weighted by molar-refractivity contribution is 0.122. The smallest absolute Gasteiger partial charge is 0.00179 e. The predicted octanol–water partition coefficient (Wildman–Crippen LogP) is 3.45. The minimum absolute atomic E-state index is 0.970. The maximum Gasteiger partial charge on any atom is -0.00179 e. The lowest BCUT2D eigenvalue weighted by Gasteiger charge is -2.40. The standard InChI is InChI=1S/C14H27N/c1-3-12-10-15-9-8-14(12)13-6-4-11(2)5-7-13/h11-15H,3-10H2,1-2H3. The van der Waals surface area contributed by atoms with Crippen molar-refractivity contribution in [1.29, 1.82) is 0 Å². The zero-order chi connectivity index (χ0) is 10.7. The molecule has 0 spiro atoms. The lowest BCUT2D eigenvalue weighted by Crippen LogP contribution is -2.40. The molecule has 88 valence electrons. The number of hydrogen-bond donors (Lipinski definition) is 1. The minimum atomic E-state index is 0.970. The quantitative estimate of drug-likeness (QED) is 0.734. The molecule has 2 rings (SSSR count). The normalized spacial score (nSPS) is 42.8. The molecule has 1 aliphatic carbocycles. The van der Waals surface area contributed by atoms with Gasteiger partial charge in [0, 0.05) is 0 Å². The fourth-order valence-electron chi connectivity index (χ4n) is 3.72. The van der Waals surface area contributed by atoms with Gasteiger partial charge in [0.25, 0.3) is 0 Å². The number of hydrogen-bond acceptors (Lipinski definition) is 1. The van der Waals surface area contributed by atoms with E-state index in [9.17, 15) is 0 Å². The average Bonchev–Trinajstić information content (AvgIpc) is 2.30. The molecule has 1 heteroatoms. The first kappa shape index (κ1) is 11.4. The van der Waals surface area contributed by atoms with Gasteiger partial charge < -0.3 is 5.32 Å². The van der Waals surface area contributed by atoms with Crippen molar-refractivity contribution in [2.24, 2.45) is 23.7 Å². The van der Waals surface area contributed by atoms with Crippen LogP contribution in [-0.2, 0) is 0 Å². The first-order valence-corrected chi connectivity index (χ1v) is 7.02. The van der Waals surface area contributed by atoms with Crippen LogP contribution in [0.2, 0.25) is 0 Å². The molecule has 1 nitrogen and oxygen atoms in total. The minimum Gasteiger partial charge on any atom is -0.316 e. The molecule has 2 fully saturated rings. The molecule has 1 saturated carbocycles. The van der Waals surface area contributed by atoms with E-state index in [0.29, 0.717) is 0 Å². The van der Waals surface area contributed by atoms with Gasteiger partial charge in [-0.15, -0.1) is 0 Å². The molecule has 2 unspecified atom stereocenters. The summed E-state index contributed by atoms with van der Waals surface area (Å²) >= 11 is 0. The van der Waals surface area contributed by atoms with Crippen molar-refractivity contribution in [2.45, 2.75) is 52.4 Å². The van der Waals surface area contributed by atoms with Gasteiger partial charge in [-0.2, -0.15) is 0 Å². The van der Waals surface area contributed by atoms with Gasteiger partial charge in [-0.1, -0.05) is 33.1 Å². The van der Waals surface area contributed by atoms with Gasteiger partial charge in [0.2, 0.25) is 0 Å². The van der Waals surface area contributed by atoms with E-state index in [2.05, 4.69) is 19.2 Å². The van der Waals surface area contributed by atoms with Crippen molar-refractivity contribution in [3.63, 3.8) is 0 Å². The van der Waals surface area contributed by atoms with Gasteiger partial charge in [-0.3, -0.25) is 0 Å². The van der Waals surface area contributed by atoms with E-state index >= 15 is 0 Å². The van der Waals surface area contributed by atoms with E-state index in [0.717, 1.165) is 23.7 Å². The maximum absolute atomic E-state index is 3.56. The third kappa shape index (κ3) is 2.75. The van der Waals surface area contributed by atoms with Crippen LogP contribution < -0.4 is 5.32 Å². The van der Waals surface area contributed by atoms with Crippen molar-refractivity contribution in [1.82, 2.24) is 5.32 Å². The summed E-state index contributed by atoms with van der Waals surface area (Å²) in [7, 11) is 0. The summed E-state index contributed by atoms with van der Waals surface area (Å²) in [6.07, 6.45) is 8.84. The van der Waals surface area contributed by atoms with Gasteiger partial charge in [-0.25, -0.2) is 0 Å². The molecule has 15 heavy (non-hydrogen) atoms. The van der Waals surface area contributed by atoms with Crippen LogP contribution in [0.15, 0.2) is 0 Å². The molecule has 0 aromatic heterocycles. The van der Waals surface area contributed by atoms with Crippen LogP contribution in [0, 0.1) is 23.7 Å². The molecule has 1 N–H and O–H groups in total. The molecule has 1 saturated heterocycles. The highest BCUT2D eigenvalue weighted by Gasteiger charge is 2.32. The summed E-state index contributed by atoms with van der Waals surface area (Å²) in [5.74, 6) is 4.08. The third-order valence-corrected chi connectivity index (χ3v) is 4.86. The zero-order valence-electron chi connectivity index (χ0n) is 10.5. The Hall–Kier alpha value is -0.0400. The Labute approximate surface area is 95.0 Å². The van der Waals surface area contributed by atoms with E-state index in [4.69, 9.17) is 0 Å². The van der Waals surface area contributed by atoms with Crippen LogP contribution in [0.25, 0.3) is 0 Å². The topological polar surface area (TPSA) is 12.0 Å². The number of nitrogens with one attached hydrogen (secondary N) is 1. The second-order valence-electron chi connectivity index (χ2n) is 5.84.